The van der Waals surface area contributed by atoms with Crippen LogP contribution in [0.4, 0.5) is 10.2 Å². The van der Waals surface area contributed by atoms with Crippen molar-refractivity contribution in [2.24, 2.45) is 0 Å². The molecule has 0 aliphatic heterocycles. The minimum atomic E-state index is -0.450. The number of nitrogens with one attached hydrogen (secondary N) is 1. The van der Waals surface area contributed by atoms with Crippen molar-refractivity contribution >= 4 is 33.3 Å². The van der Waals surface area contributed by atoms with Gasteiger partial charge in [0, 0.05) is 12.1 Å². The molecular weight excluding hydrogens is 345 g/mol. The number of amides is 1. The molecule has 9 heteroatoms. The molecule has 0 saturated heterocycles. The van der Waals surface area contributed by atoms with Crippen molar-refractivity contribution in [1.82, 2.24) is 19.9 Å². The molecule has 3 heterocycles. The van der Waals surface area contributed by atoms with Gasteiger partial charge in [0.05, 0.1) is 16.1 Å². The van der Waals surface area contributed by atoms with Crippen molar-refractivity contribution in [3.8, 4) is 5.13 Å². The average Bonchev–Trinajstić information content (AvgIpc) is 3.26. The third kappa shape index (κ3) is 2.78. The Morgan fingerprint density at radius 2 is 2.12 bits per heavy atom. The number of nitrogens with zero attached hydrogens (tertiary/aromatic N) is 4. The fraction of sp³-hybridized carbons (Fsp3) is 0.125. The van der Waals surface area contributed by atoms with Crippen LogP contribution in [0.1, 0.15) is 21.9 Å². The monoisotopic (exact) mass is 357 g/mol. The van der Waals surface area contributed by atoms with E-state index in [1.54, 1.807) is 32.0 Å². The second-order valence-electron chi connectivity index (χ2n) is 5.45. The smallest absolute Gasteiger partial charge is 0.295 e. The van der Waals surface area contributed by atoms with Crippen LogP contribution < -0.4 is 5.32 Å². The molecule has 0 spiro atoms. The van der Waals surface area contributed by atoms with E-state index in [1.807, 2.05) is 0 Å². The van der Waals surface area contributed by atoms with E-state index in [9.17, 15) is 9.18 Å². The van der Waals surface area contributed by atoms with Crippen LogP contribution in [0.15, 0.2) is 34.9 Å². The molecule has 0 bridgehead atoms. The molecule has 0 radical (unpaired) electrons. The number of anilines is 1. The third-order valence-corrected chi connectivity index (χ3v) is 4.46. The lowest BCUT2D eigenvalue weighted by Crippen LogP contribution is -2.14. The molecule has 0 aliphatic carbocycles. The maximum Gasteiger partial charge on any atom is 0.295 e. The van der Waals surface area contributed by atoms with Gasteiger partial charge in [-0.25, -0.2) is 9.37 Å². The number of rotatable bonds is 3. The van der Waals surface area contributed by atoms with Gasteiger partial charge >= 0.3 is 0 Å². The summed E-state index contributed by atoms with van der Waals surface area (Å²) in [6.07, 6.45) is 0. The lowest BCUT2D eigenvalue weighted by Gasteiger charge is -2.04. The van der Waals surface area contributed by atoms with E-state index in [2.05, 4.69) is 20.6 Å². The van der Waals surface area contributed by atoms with Crippen molar-refractivity contribution in [2.75, 3.05) is 5.32 Å². The molecule has 1 aromatic carbocycles. The van der Waals surface area contributed by atoms with E-state index in [1.165, 1.54) is 28.2 Å². The van der Waals surface area contributed by atoms with E-state index in [4.69, 9.17) is 4.52 Å². The van der Waals surface area contributed by atoms with Crippen LogP contribution in [0.3, 0.4) is 0 Å². The minimum Gasteiger partial charge on any atom is -0.351 e. The van der Waals surface area contributed by atoms with Crippen LogP contribution in [-0.4, -0.2) is 25.8 Å². The normalized spacial score (nSPS) is 11.2. The molecule has 1 N–H and O–H groups in total. The fourth-order valence-electron chi connectivity index (χ4n) is 2.38. The van der Waals surface area contributed by atoms with E-state index < -0.39 is 11.7 Å². The van der Waals surface area contributed by atoms with E-state index >= 15 is 0 Å². The van der Waals surface area contributed by atoms with Gasteiger partial charge in [0.15, 0.2) is 0 Å². The first kappa shape index (κ1) is 15.5. The molecule has 7 nitrogen and oxygen atoms in total. The first-order chi connectivity index (χ1) is 12.0. The summed E-state index contributed by atoms with van der Waals surface area (Å²) in [5.41, 5.74) is 1.57. The first-order valence-electron chi connectivity index (χ1n) is 7.38. The molecule has 0 fully saturated rings. The third-order valence-electron chi connectivity index (χ3n) is 3.46. The van der Waals surface area contributed by atoms with E-state index in [-0.39, 0.29) is 11.3 Å². The topological polar surface area (TPSA) is 85.8 Å². The number of benzene rings is 1. The molecular formula is C16H12FN5O2S. The van der Waals surface area contributed by atoms with Crippen molar-refractivity contribution in [3.05, 3.63) is 53.3 Å². The zero-order valence-electron chi connectivity index (χ0n) is 13.3. The molecule has 0 saturated carbocycles. The van der Waals surface area contributed by atoms with Gasteiger partial charge in [-0.1, -0.05) is 22.6 Å². The SMILES string of the molecule is Cc1cc(C(=O)Nc2cc(C)nn2-c2nc3c(F)cccc3s2)on1. The van der Waals surface area contributed by atoms with E-state index in [0.29, 0.717) is 27.0 Å². The fourth-order valence-corrected chi connectivity index (χ4v) is 3.32. The molecule has 0 atom stereocenters. The highest BCUT2D eigenvalue weighted by Gasteiger charge is 2.18. The van der Waals surface area contributed by atoms with Crippen molar-refractivity contribution < 1.29 is 13.7 Å². The average molecular weight is 357 g/mol. The van der Waals surface area contributed by atoms with Crippen LogP contribution in [-0.2, 0) is 0 Å². The van der Waals surface area contributed by atoms with Crippen LogP contribution in [0.5, 0.6) is 0 Å². The Hall–Kier alpha value is -3.07. The molecule has 0 aliphatic rings. The Morgan fingerprint density at radius 1 is 1.28 bits per heavy atom. The number of carbonyl (C=O) groups excluding carboxylic acids is 1. The summed E-state index contributed by atoms with van der Waals surface area (Å²) >= 11 is 1.28. The summed E-state index contributed by atoms with van der Waals surface area (Å²) in [4.78, 5) is 16.6. The van der Waals surface area contributed by atoms with Gasteiger partial charge in [-0.2, -0.15) is 9.78 Å². The Labute approximate surface area is 145 Å². The van der Waals surface area contributed by atoms with Gasteiger partial charge in [0.2, 0.25) is 10.9 Å². The van der Waals surface area contributed by atoms with Crippen LogP contribution in [0.2, 0.25) is 0 Å². The molecule has 126 valence electrons. The number of carbonyl (C=O) groups is 1. The lowest BCUT2D eigenvalue weighted by atomic mass is 10.3. The molecule has 3 aromatic heterocycles. The summed E-state index contributed by atoms with van der Waals surface area (Å²) in [7, 11) is 0. The Morgan fingerprint density at radius 3 is 2.84 bits per heavy atom. The van der Waals surface area contributed by atoms with Gasteiger partial charge in [0.25, 0.3) is 5.91 Å². The van der Waals surface area contributed by atoms with Crippen LogP contribution >= 0.6 is 11.3 Å². The molecule has 25 heavy (non-hydrogen) atoms. The molecule has 0 unspecified atom stereocenters. The predicted octanol–water partition coefficient (Wildman–Crippen LogP) is 3.48. The summed E-state index contributed by atoms with van der Waals surface area (Å²) in [5, 5.41) is 11.2. The highest BCUT2D eigenvalue weighted by molar-refractivity contribution is 7.20. The summed E-state index contributed by atoms with van der Waals surface area (Å²) < 4.78 is 21.0. The highest BCUT2D eigenvalue weighted by atomic mass is 32.1. The van der Waals surface area contributed by atoms with Gasteiger partial charge in [-0.15, -0.1) is 0 Å². The summed E-state index contributed by atoms with van der Waals surface area (Å²) in [6, 6.07) is 8.00. The summed E-state index contributed by atoms with van der Waals surface area (Å²) in [5.74, 6) is -0.338. The van der Waals surface area contributed by atoms with Crippen molar-refractivity contribution in [2.45, 2.75) is 13.8 Å². The predicted molar refractivity (Wildman–Crippen MR) is 90.6 cm³/mol. The van der Waals surface area contributed by atoms with Crippen molar-refractivity contribution in [3.63, 3.8) is 0 Å². The lowest BCUT2D eigenvalue weighted by molar-refractivity contribution is 0.0987. The maximum absolute atomic E-state index is 13.9. The van der Waals surface area contributed by atoms with Crippen LogP contribution in [0.25, 0.3) is 15.3 Å². The second kappa shape index (κ2) is 5.78. The molecule has 4 aromatic rings. The maximum atomic E-state index is 13.9. The first-order valence-corrected chi connectivity index (χ1v) is 8.19. The summed E-state index contributed by atoms with van der Waals surface area (Å²) in [6.45, 7) is 3.52. The number of aromatic nitrogens is 4. The zero-order chi connectivity index (χ0) is 17.6. The quantitative estimate of drug-likeness (QED) is 0.607. The number of thiazole rings is 1. The van der Waals surface area contributed by atoms with Gasteiger partial charge in [-0.3, -0.25) is 4.79 Å². The largest absolute Gasteiger partial charge is 0.351 e. The van der Waals surface area contributed by atoms with Gasteiger partial charge in [0.1, 0.15) is 17.2 Å². The number of hydrogen-bond donors (Lipinski definition) is 1. The number of halogens is 1. The number of para-hydroxylation sites is 1. The second-order valence-corrected chi connectivity index (χ2v) is 6.46. The van der Waals surface area contributed by atoms with Crippen LogP contribution in [0, 0.1) is 19.7 Å². The standard InChI is InChI=1S/C16H12FN5O2S/c1-8-7-13(18-15(23)11-6-9(2)21-24-11)22(20-8)16-19-14-10(17)4-3-5-12(14)25-16/h3-7H,1-2H3,(H,18,23). The van der Waals surface area contributed by atoms with Crippen molar-refractivity contribution in [1.29, 1.82) is 0 Å². The Kier molecular flexibility index (Phi) is 3.57. The highest BCUT2D eigenvalue weighted by Crippen LogP contribution is 2.28. The molecule has 1 amide bonds. The number of fused-ring (bicyclic) bond motifs is 1. The Bertz CT molecular complexity index is 1100. The molecule has 4 rings (SSSR count). The van der Waals surface area contributed by atoms with Gasteiger partial charge in [-0.05, 0) is 26.0 Å². The minimum absolute atomic E-state index is 0.0956. The van der Waals surface area contributed by atoms with Gasteiger partial charge < -0.3 is 9.84 Å². The zero-order valence-corrected chi connectivity index (χ0v) is 14.1. The number of hydrogen-bond acceptors (Lipinski definition) is 6. The number of aryl methyl sites for hydroxylation is 2. The Balaban J connectivity index is 1.73. The van der Waals surface area contributed by atoms with E-state index in [0.717, 1.165) is 0 Å².